The van der Waals surface area contributed by atoms with E-state index < -0.39 is 17.8 Å². The first-order valence-corrected chi connectivity index (χ1v) is 8.01. The molecule has 1 aliphatic carbocycles. The van der Waals surface area contributed by atoms with Gasteiger partial charge in [0.15, 0.2) is 0 Å². The highest BCUT2D eigenvalue weighted by atomic mass is 79.9. The van der Waals surface area contributed by atoms with Crippen LogP contribution in [-0.4, -0.2) is 17.0 Å². The van der Waals surface area contributed by atoms with Crippen LogP contribution in [0.3, 0.4) is 0 Å². The summed E-state index contributed by atoms with van der Waals surface area (Å²) in [5.41, 5.74) is 1.70. The molecule has 2 N–H and O–H groups in total. The lowest BCUT2D eigenvalue weighted by Crippen LogP contribution is -2.30. The molecule has 21 heavy (non-hydrogen) atoms. The summed E-state index contributed by atoms with van der Waals surface area (Å²) in [6, 6.07) is 5.67. The second-order valence-electron chi connectivity index (χ2n) is 5.75. The Morgan fingerprint density at radius 3 is 2.62 bits per heavy atom. The maximum Gasteiger partial charge on any atom is 0.307 e. The molecule has 0 aliphatic heterocycles. The maximum atomic E-state index is 12.5. The summed E-state index contributed by atoms with van der Waals surface area (Å²) in [6.07, 6.45) is 2.18. The number of carbonyl (C=O) groups excluding carboxylic acids is 1. The number of rotatable bonds is 4. The molecule has 1 aromatic rings. The van der Waals surface area contributed by atoms with E-state index in [1.54, 1.807) is 0 Å². The van der Waals surface area contributed by atoms with Gasteiger partial charge >= 0.3 is 5.97 Å². The molecule has 1 saturated carbocycles. The van der Waals surface area contributed by atoms with Crippen LogP contribution in [0, 0.1) is 24.7 Å². The average Bonchev–Trinajstić information content (AvgIpc) is 2.87. The number of carbonyl (C=O) groups is 2. The zero-order valence-electron chi connectivity index (χ0n) is 12.2. The minimum absolute atomic E-state index is 0.181. The van der Waals surface area contributed by atoms with Crippen molar-refractivity contribution in [3.63, 3.8) is 0 Å². The molecule has 1 aliphatic rings. The normalized spacial score (nSPS) is 24.8. The number of amides is 1. The van der Waals surface area contributed by atoms with Crippen molar-refractivity contribution in [3.05, 3.63) is 28.2 Å². The SMILES string of the molecule is CCC1CC(C(=O)O)C(C(=O)Nc2cc(Br)ccc2C)C1. The van der Waals surface area contributed by atoms with Crippen molar-refractivity contribution in [2.45, 2.75) is 33.1 Å². The lowest BCUT2D eigenvalue weighted by atomic mass is 9.95. The quantitative estimate of drug-likeness (QED) is 0.864. The first-order chi connectivity index (χ1) is 9.92. The summed E-state index contributed by atoms with van der Waals surface area (Å²) in [6.45, 7) is 3.96. The van der Waals surface area contributed by atoms with Gasteiger partial charge in [0.25, 0.3) is 0 Å². The van der Waals surface area contributed by atoms with Crippen molar-refractivity contribution in [3.8, 4) is 0 Å². The second-order valence-corrected chi connectivity index (χ2v) is 6.66. The smallest absolute Gasteiger partial charge is 0.307 e. The molecule has 1 fully saturated rings. The summed E-state index contributed by atoms with van der Waals surface area (Å²) in [7, 11) is 0. The minimum Gasteiger partial charge on any atom is -0.481 e. The fraction of sp³-hybridized carbons (Fsp3) is 0.500. The van der Waals surface area contributed by atoms with Gasteiger partial charge in [-0.2, -0.15) is 0 Å². The lowest BCUT2D eigenvalue weighted by molar-refractivity contribution is -0.145. The molecule has 0 heterocycles. The van der Waals surface area contributed by atoms with Crippen LogP contribution in [0.5, 0.6) is 0 Å². The van der Waals surface area contributed by atoms with Crippen molar-refractivity contribution >= 4 is 33.5 Å². The Hall–Kier alpha value is -1.36. The maximum absolute atomic E-state index is 12.5. The van der Waals surface area contributed by atoms with Gasteiger partial charge in [0.2, 0.25) is 5.91 Å². The molecular weight excluding hydrogens is 334 g/mol. The number of hydrogen-bond acceptors (Lipinski definition) is 2. The fourth-order valence-electron chi connectivity index (χ4n) is 2.99. The Labute approximate surface area is 133 Å². The highest BCUT2D eigenvalue weighted by Crippen LogP contribution is 2.39. The van der Waals surface area contributed by atoms with E-state index in [2.05, 4.69) is 21.2 Å². The fourth-order valence-corrected chi connectivity index (χ4v) is 3.35. The number of hydrogen-bond donors (Lipinski definition) is 2. The molecule has 0 saturated heterocycles. The summed E-state index contributed by atoms with van der Waals surface area (Å²) in [5.74, 6) is -1.73. The summed E-state index contributed by atoms with van der Waals surface area (Å²) >= 11 is 3.38. The van der Waals surface area contributed by atoms with E-state index in [1.165, 1.54) is 0 Å². The van der Waals surface area contributed by atoms with Gasteiger partial charge in [-0.1, -0.05) is 35.3 Å². The third-order valence-corrected chi connectivity index (χ3v) is 4.84. The number of carboxylic acids is 1. The van der Waals surface area contributed by atoms with Crippen LogP contribution in [0.1, 0.15) is 31.7 Å². The Bertz CT molecular complexity index is 558. The topological polar surface area (TPSA) is 66.4 Å². The summed E-state index contributed by atoms with van der Waals surface area (Å²) < 4.78 is 0.885. The largest absolute Gasteiger partial charge is 0.481 e. The highest BCUT2D eigenvalue weighted by Gasteiger charge is 2.42. The summed E-state index contributed by atoms with van der Waals surface area (Å²) in [5, 5.41) is 12.2. The summed E-state index contributed by atoms with van der Waals surface area (Å²) in [4.78, 5) is 23.8. The van der Waals surface area contributed by atoms with E-state index in [0.29, 0.717) is 18.8 Å². The molecule has 4 nitrogen and oxygen atoms in total. The number of carboxylic acid groups (broad SMARTS) is 1. The molecule has 114 valence electrons. The molecule has 2 rings (SSSR count). The van der Waals surface area contributed by atoms with Crippen molar-refractivity contribution in [2.24, 2.45) is 17.8 Å². The molecule has 0 bridgehead atoms. The first-order valence-electron chi connectivity index (χ1n) is 7.22. The molecule has 0 spiro atoms. The van der Waals surface area contributed by atoms with Gasteiger partial charge in [0, 0.05) is 10.2 Å². The predicted molar refractivity (Wildman–Crippen MR) is 85.1 cm³/mol. The van der Waals surface area contributed by atoms with Crippen LogP contribution in [0.15, 0.2) is 22.7 Å². The van der Waals surface area contributed by atoms with E-state index in [4.69, 9.17) is 0 Å². The van der Waals surface area contributed by atoms with Crippen LogP contribution in [0.2, 0.25) is 0 Å². The van der Waals surface area contributed by atoms with Crippen molar-refractivity contribution in [2.75, 3.05) is 5.32 Å². The predicted octanol–water partition coefficient (Wildman–Crippen LogP) is 3.83. The van der Waals surface area contributed by atoms with Crippen LogP contribution in [0.4, 0.5) is 5.69 Å². The van der Waals surface area contributed by atoms with E-state index in [9.17, 15) is 14.7 Å². The molecule has 3 atom stereocenters. The molecule has 5 heteroatoms. The van der Waals surface area contributed by atoms with E-state index in [0.717, 1.165) is 22.1 Å². The average molecular weight is 354 g/mol. The van der Waals surface area contributed by atoms with Crippen LogP contribution in [0.25, 0.3) is 0 Å². The number of halogens is 1. The van der Waals surface area contributed by atoms with Crippen molar-refractivity contribution in [1.82, 2.24) is 0 Å². The number of anilines is 1. The molecule has 3 unspecified atom stereocenters. The number of aliphatic carboxylic acids is 1. The van der Waals surface area contributed by atoms with Crippen LogP contribution in [-0.2, 0) is 9.59 Å². The van der Waals surface area contributed by atoms with Gasteiger partial charge in [0.1, 0.15) is 0 Å². The molecule has 1 amide bonds. The Morgan fingerprint density at radius 2 is 2.00 bits per heavy atom. The third kappa shape index (κ3) is 3.64. The molecule has 0 aromatic heterocycles. The zero-order chi connectivity index (χ0) is 15.6. The van der Waals surface area contributed by atoms with E-state index in [-0.39, 0.29) is 5.91 Å². The molecular formula is C16H20BrNO3. The van der Waals surface area contributed by atoms with Gasteiger partial charge < -0.3 is 10.4 Å². The number of benzene rings is 1. The number of nitrogens with one attached hydrogen (secondary N) is 1. The van der Waals surface area contributed by atoms with Gasteiger partial charge in [-0.05, 0) is 43.4 Å². The van der Waals surface area contributed by atoms with Gasteiger partial charge in [0.05, 0.1) is 11.8 Å². The highest BCUT2D eigenvalue weighted by molar-refractivity contribution is 9.10. The zero-order valence-corrected chi connectivity index (χ0v) is 13.8. The van der Waals surface area contributed by atoms with Crippen molar-refractivity contribution < 1.29 is 14.7 Å². The Kier molecular flexibility index (Phi) is 5.04. The molecule has 0 radical (unpaired) electrons. The number of aryl methyl sites for hydroxylation is 1. The standard InChI is InChI=1S/C16H20BrNO3/c1-3-10-6-12(13(7-10)16(20)21)15(19)18-14-8-11(17)5-4-9(14)2/h4-5,8,10,12-13H,3,6-7H2,1-2H3,(H,18,19)(H,20,21). The van der Waals surface area contributed by atoms with Gasteiger partial charge in [-0.3, -0.25) is 9.59 Å². The van der Waals surface area contributed by atoms with Crippen molar-refractivity contribution in [1.29, 1.82) is 0 Å². The van der Waals surface area contributed by atoms with E-state index >= 15 is 0 Å². The Balaban J connectivity index is 2.15. The van der Waals surface area contributed by atoms with E-state index in [1.807, 2.05) is 32.0 Å². The minimum atomic E-state index is -0.864. The monoisotopic (exact) mass is 353 g/mol. The van der Waals surface area contributed by atoms with Crippen LogP contribution < -0.4 is 5.32 Å². The van der Waals surface area contributed by atoms with Gasteiger partial charge in [-0.15, -0.1) is 0 Å². The first kappa shape index (κ1) is 16.0. The van der Waals surface area contributed by atoms with Crippen LogP contribution >= 0.6 is 15.9 Å². The second kappa shape index (κ2) is 6.60. The van der Waals surface area contributed by atoms with Gasteiger partial charge in [-0.25, -0.2) is 0 Å². The third-order valence-electron chi connectivity index (χ3n) is 4.35. The lowest BCUT2D eigenvalue weighted by Gasteiger charge is -2.16. The molecule has 1 aromatic carbocycles. The Morgan fingerprint density at radius 1 is 1.33 bits per heavy atom.